The maximum atomic E-state index is 13.7. The Hall–Kier alpha value is -3.40. The third-order valence-corrected chi connectivity index (χ3v) is 4.39. The molecule has 6 nitrogen and oxygen atoms in total. The molecule has 124 valence electrons. The Kier molecular flexibility index (Phi) is 3.39. The summed E-state index contributed by atoms with van der Waals surface area (Å²) in [5.41, 5.74) is 2.83. The molecule has 0 saturated carbocycles. The van der Waals surface area contributed by atoms with Crippen molar-refractivity contribution >= 4 is 28.4 Å². The van der Waals surface area contributed by atoms with E-state index in [4.69, 9.17) is 5.26 Å². The van der Waals surface area contributed by atoms with Crippen molar-refractivity contribution in [1.29, 1.82) is 5.26 Å². The highest BCUT2D eigenvalue weighted by atomic mass is 19.1. The number of nitrogens with zero attached hydrogens (tertiary/aromatic N) is 3. The largest absolute Gasteiger partial charge is 0.352 e. The standard InChI is InChI=1S/C18H14FN5O/c1-24-14-6-7-21-18(25)16(14)12-4-5-15(23-17(12)24)22-11-3-2-10(9-20)13(19)8-11/h2-5,8H,6-7H2,1H3,(H,21,25)(H,22,23). The van der Waals surface area contributed by atoms with Crippen molar-refractivity contribution in [3.63, 3.8) is 0 Å². The summed E-state index contributed by atoms with van der Waals surface area (Å²) in [7, 11) is 1.89. The summed E-state index contributed by atoms with van der Waals surface area (Å²) in [6.07, 6.45) is 0.761. The summed E-state index contributed by atoms with van der Waals surface area (Å²) < 4.78 is 15.7. The van der Waals surface area contributed by atoms with Crippen LogP contribution in [0.4, 0.5) is 15.9 Å². The van der Waals surface area contributed by atoms with Crippen molar-refractivity contribution in [2.45, 2.75) is 6.42 Å². The molecule has 0 bridgehead atoms. The predicted octanol–water partition coefficient (Wildman–Crippen LogP) is 2.61. The van der Waals surface area contributed by atoms with Crippen LogP contribution < -0.4 is 10.6 Å². The number of aryl methyl sites for hydroxylation is 1. The van der Waals surface area contributed by atoms with Gasteiger partial charge in [0.15, 0.2) is 0 Å². The maximum Gasteiger partial charge on any atom is 0.253 e. The molecule has 1 aromatic carbocycles. The van der Waals surface area contributed by atoms with Crippen LogP contribution in [0.2, 0.25) is 0 Å². The quantitative estimate of drug-likeness (QED) is 0.754. The van der Waals surface area contributed by atoms with Crippen LogP contribution in [-0.2, 0) is 13.5 Å². The molecule has 25 heavy (non-hydrogen) atoms. The summed E-state index contributed by atoms with van der Waals surface area (Å²) in [6, 6.07) is 9.68. The summed E-state index contributed by atoms with van der Waals surface area (Å²) in [6.45, 7) is 0.617. The van der Waals surface area contributed by atoms with Gasteiger partial charge >= 0.3 is 0 Å². The third-order valence-electron chi connectivity index (χ3n) is 4.39. The normalized spacial score (nSPS) is 13.2. The lowest BCUT2D eigenvalue weighted by Crippen LogP contribution is -2.32. The number of benzene rings is 1. The number of fused-ring (bicyclic) bond motifs is 3. The van der Waals surface area contributed by atoms with E-state index in [0.29, 0.717) is 29.3 Å². The molecule has 2 N–H and O–H groups in total. The highest BCUT2D eigenvalue weighted by molar-refractivity contribution is 6.08. The Morgan fingerprint density at radius 3 is 2.96 bits per heavy atom. The summed E-state index contributed by atoms with van der Waals surface area (Å²) in [4.78, 5) is 16.7. The van der Waals surface area contributed by atoms with Gasteiger partial charge in [0, 0.05) is 36.8 Å². The minimum absolute atomic E-state index is 0.00455. The smallest absolute Gasteiger partial charge is 0.253 e. The van der Waals surface area contributed by atoms with Gasteiger partial charge in [0.25, 0.3) is 5.91 Å². The maximum absolute atomic E-state index is 13.7. The molecule has 3 aromatic rings. The van der Waals surface area contributed by atoms with Gasteiger partial charge in [-0.25, -0.2) is 9.37 Å². The van der Waals surface area contributed by atoms with Crippen LogP contribution in [0, 0.1) is 17.1 Å². The number of carbonyl (C=O) groups excluding carboxylic acids is 1. The van der Waals surface area contributed by atoms with Crippen LogP contribution in [0.1, 0.15) is 21.6 Å². The highest BCUT2D eigenvalue weighted by Gasteiger charge is 2.25. The molecule has 4 rings (SSSR count). The average molecular weight is 335 g/mol. The third kappa shape index (κ3) is 2.39. The van der Waals surface area contributed by atoms with Crippen molar-refractivity contribution < 1.29 is 9.18 Å². The lowest BCUT2D eigenvalue weighted by Gasteiger charge is -2.13. The monoisotopic (exact) mass is 335 g/mol. The van der Waals surface area contributed by atoms with E-state index < -0.39 is 5.82 Å². The van der Waals surface area contributed by atoms with E-state index in [1.807, 2.05) is 17.7 Å². The van der Waals surface area contributed by atoms with Gasteiger partial charge in [-0.15, -0.1) is 0 Å². The average Bonchev–Trinajstić information content (AvgIpc) is 2.89. The summed E-state index contributed by atoms with van der Waals surface area (Å²) in [5, 5.41) is 15.5. The van der Waals surface area contributed by atoms with Crippen LogP contribution in [0.25, 0.3) is 11.0 Å². The number of rotatable bonds is 2. The number of hydrogen-bond acceptors (Lipinski definition) is 4. The Balaban J connectivity index is 1.75. The molecule has 0 aliphatic carbocycles. The van der Waals surface area contributed by atoms with Crippen molar-refractivity contribution in [1.82, 2.24) is 14.9 Å². The summed E-state index contributed by atoms with van der Waals surface area (Å²) in [5.74, 6) is -0.127. The van der Waals surface area contributed by atoms with E-state index in [9.17, 15) is 9.18 Å². The van der Waals surface area contributed by atoms with Crippen molar-refractivity contribution in [2.24, 2.45) is 7.05 Å². The van der Waals surface area contributed by atoms with Crippen LogP contribution in [0.3, 0.4) is 0 Å². The number of amides is 1. The second-order valence-electron chi connectivity index (χ2n) is 5.89. The molecule has 0 spiro atoms. The first-order chi connectivity index (χ1) is 12.1. The van der Waals surface area contributed by atoms with Gasteiger partial charge < -0.3 is 15.2 Å². The van der Waals surface area contributed by atoms with Gasteiger partial charge in [-0.3, -0.25) is 4.79 Å². The topological polar surface area (TPSA) is 82.7 Å². The van der Waals surface area contributed by atoms with Gasteiger partial charge in [0.05, 0.1) is 11.1 Å². The molecule has 0 atom stereocenters. The predicted molar refractivity (Wildman–Crippen MR) is 91.1 cm³/mol. The Bertz CT molecular complexity index is 1060. The molecule has 1 aliphatic heterocycles. The van der Waals surface area contributed by atoms with Gasteiger partial charge in [-0.1, -0.05) is 0 Å². The van der Waals surface area contributed by atoms with E-state index in [1.165, 1.54) is 12.1 Å². The minimum atomic E-state index is -0.584. The zero-order valence-electron chi connectivity index (χ0n) is 13.4. The number of hydrogen-bond donors (Lipinski definition) is 2. The molecule has 1 aliphatic rings. The molecule has 7 heteroatoms. The van der Waals surface area contributed by atoms with Gasteiger partial charge in [0.2, 0.25) is 0 Å². The van der Waals surface area contributed by atoms with Crippen LogP contribution in [-0.4, -0.2) is 22.0 Å². The minimum Gasteiger partial charge on any atom is -0.352 e. The first-order valence-corrected chi connectivity index (χ1v) is 7.81. The fraction of sp³-hybridized carbons (Fsp3) is 0.167. The molecule has 0 radical (unpaired) electrons. The summed E-state index contributed by atoms with van der Waals surface area (Å²) >= 11 is 0. The molecular formula is C18H14FN5O. The first kappa shape index (κ1) is 15.1. The second kappa shape index (κ2) is 5.60. The number of nitriles is 1. The van der Waals surface area contributed by atoms with Crippen molar-refractivity contribution in [3.8, 4) is 6.07 Å². The van der Waals surface area contributed by atoms with E-state index in [-0.39, 0.29) is 11.5 Å². The first-order valence-electron chi connectivity index (χ1n) is 7.81. The number of pyridine rings is 1. The second-order valence-corrected chi connectivity index (χ2v) is 5.89. The number of nitrogens with one attached hydrogen (secondary N) is 2. The van der Waals surface area contributed by atoms with Crippen molar-refractivity contribution in [3.05, 3.63) is 53.0 Å². The van der Waals surface area contributed by atoms with Crippen LogP contribution >= 0.6 is 0 Å². The van der Waals surface area contributed by atoms with Gasteiger partial charge in [-0.2, -0.15) is 5.26 Å². The SMILES string of the molecule is Cn1c2c(c3ccc(Nc4ccc(C#N)c(F)c4)nc31)C(=O)NCC2. The number of halogens is 1. The molecule has 3 heterocycles. The highest BCUT2D eigenvalue weighted by Crippen LogP contribution is 2.28. The van der Waals surface area contributed by atoms with Crippen LogP contribution in [0.5, 0.6) is 0 Å². The molecule has 0 saturated heterocycles. The Morgan fingerprint density at radius 1 is 1.36 bits per heavy atom. The van der Waals surface area contributed by atoms with Crippen molar-refractivity contribution in [2.75, 3.05) is 11.9 Å². The molecule has 2 aromatic heterocycles. The van der Waals surface area contributed by atoms with Crippen LogP contribution in [0.15, 0.2) is 30.3 Å². The fourth-order valence-electron chi connectivity index (χ4n) is 3.18. The van der Waals surface area contributed by atoms with Gasteiger partial charge in [-0.05, 0) is 30.3 Å². The molecule has 0 unspecified atom stereocenters. The fourth-order valence-corrected chi connectivity index (χ4v) is 3.18. The van der Waals surface area contributed by atoms with E-state index in [2.05, 4.69) is 15.6 Å². The molecule has 0 fully saturated rings. The zero-order chi connectivity index (χ0) is 17.6. The number of carbonyl (C=O) groups is 1. The molecular weight excluding hydrogens is 321 g/mol. The van der Waals surface area contributed by atoms with E-state index >= 15 is 0 Å². The zero-order valence-corrected chi connectivity index (χ0v) is 13.4. The van der Waals surface area contributed by atoms with E-state index in [0.717, 1.165) is 17.5 Å². The number of anilines is 2. The Morgan fingerprint density at radius 2 is 2.20 bits per heavy atom. The van der Waals surface area contributed by atoms with Gasteiger partial charge in [0.1, 0.15) is 23.4 Å². The lowest BCUT2D eigenvalue weighted by atomic mass is 10.1. The Labute approximate surface area is 142 Å². The van der Waals surface area contributed by atoms with E-state index in [1.54, 1.807) is 18.2 Å². The molecule has 1 amide bonds. The number of aromatic nitrogens is 2. The lowest BCUT2D eigenvalue weighted by molar-refractivity contribution is 0.0947.